The van der Waals surface area contributed by atoms with E-state index in [0.29, 0.717) is 22.9 Å². The minimum absolute atomic E-state index is 0.456. The van der Waals surface area contributed by atoms with Gasteiger partial charge in [0.15, 0.2) is 5.75 Å². The van der Waals surface area contributed by atoms with E-state index in [4.69, 9.17) is 4.74 Å². The number of nitrogens with one attached hydrogen (secondary N) is 1. The van der Waals surface area contributed by atoms with Crippen molar-refractivity contribution < 1.29 is 17.9 Å². The molecule has 1 N–H and O–H groups in total. The topological polar surface area (TPSA) is 75.7 Å². The van der Waals surface area contributed by atoms with E-state index < -0.39 is 22.0 Å². The third kappa shape index (κ3) is 5.44. The van der Waals surface area contributed by atoms with E-state index in [1.807, 2.05) is 56.3 Å². The second kappa shape index (κ2) is 9.22. The first kappa shape index (κ1) is 22.4. The lowest BCUT2D eigenvalue weighted by atomic mass is 10.1. The van der Waals surface area contributed by atoms with Crippen LogP contribution in [0.2, 0.25) is 0 Å². The van der Waals surface area contributed by atoms with Gasteiger partial charge in [0.1, 0.15) is 11.8 Å². The maximum absolute atomic E-state index is 13.1. The molecule has 0 spiro atoms. The molecule has 0 aliphatic carbocycles. The highest BCUT2D eigenvalue weighted by atomic mass is 32.2. The van der Waals surface area contributed by atoms with Crippen LogP contribution in [0.15, 0.2) is 72.8 Å². The fourth-order valence-corrected chi connectivity index (χ4v) is 4.47. The highest BCUT2D eigenvalue weighted by Gasteiger charge is 2.30. The molecule has 0 aliphatic heterocycles. The minimum atomic E-state index is -3.71. The van der Waals surface area contributed by atoms with Crippen molar-refractivity contribution in [2.75, 3.05) is 15.9 Å². The molecule has 0 fully saturated rings. The molecule has 31 heavy (non-hydrogen) atoms. The number of benzene rings is 3. The fourth-order valence-electron chi connectivity index (χ4n) is 3.25. The van der Waals surface area contributed by atoms with Crippen LogP contribution in [0.5, 0.6) is 11.5 Å². The van der Waals surface area contributed by atoms with Crippen LogP contribution >= 0.6 is 0 Å². The molecule has 3 aromatic rings. The lowest BCUT2D eigenvalue weighted by molar-refractivity contribution is -0.116. The maximum atomic E-state index is 13.1. The predicted molar refractivity (Wildman–Crippen MR) is 124 cm³/mol. The van der Waals surface area contributed by atoms with Gasteiger partial charge in [-0.1, -0.05) is 42.5 Å². The summed E-state index contributed by atoms with van der Waals surface area (Å²) >= 11 is 0. The zero-order valence-electron chi connectivity index (χ0n) is 18.0. The lowest BCUT2D eigenvalue weighted by Crippen LogP contribution is -2.45. The fraction of sp³-hybridized carbons (Fsp3) is 0.208. The summed E-state index contributed by atoms with van der Waals surface area (Å²) in [6, 6.07) is 20.8. The minimum Gasteiger partial charge on any atom is -0.455 e. The zero-order valence-corrected chi connectivity index (χ0v) is 18.8. The Morgan fingerprint density at radius 3 is 2.29 bits per heavy atom. The molecule has 1 amide bonds. The van der Waals surface area contributed by atoms with Gasteiger partial charge in [0, 0.05) is 0 Å². The molecule has 3 aromatic carbocycles. The van der Waals surface area contributed by atoms with Gasteiger partial charge in [-0.05, 0) is 62.2 Å². The number of carbonyl (C=O) groups is 1. The third-order valence-electron chi connectivity index (χ3n) is 4.81. The van der Waals surface area contributed by atoms with Crippen LogP contribution < -0.4 is 14.4 Å². The van der Waals surface area contributed by atoms with Gasteiger partial charge in [-0.15, -0.1) is 0 Å². The van der Waals surface area contributed by atoms with Crippen molar-refractivity contribution in [2.45, 2.75) is 26.8 Å². The number of ether oxygens (including phenoxy) is 1. The number of aryl methyl sites for hydroxylation is 2. The Bertz CT molecular complexity index is 1180. The first-order valence-corrected chi connectivity index (χ1v) is 11.7. The van der Waals surface area contributed by atoms with Crippen molar-refractivity contribution in [3.63, 3.8) is 0 Å². The van der Waals surface area contributed by atoms with Crippen LogP contribution in [0.25, 0.3) is 0 Å². The molecule has 0 saturated carbocycles. The number of nitrogens with zero attached hydrogens (tertiary/aromatic N) is 1. The largest absolute Gasteiger partial charge is 0.455 e. The Morgan fingerprint density at radius 2 is 1.61 bits per heavy atom. The van der Waals surface area contributed by atoms with Crippen LogP contribution in [0.1, 0.15) is 18.1 Å². The highest BCUT2D eigenvalue weighted by Crippen LogP contribution is 2.31. The number of sulfonamides is 1. The molecule has 0 radical (unpaired) electrons. The van der Waals surface area contributed by atoms with Gasteiger partial charge < -0.3 is 10.1 Å². The first-order chi connectivity index (χ1) is 14.7. The average molecular weight is 439 g/mol. The van der Waals surface area contributed by atoms with Crippen molar-refractivity contribution in [1.29, 1.82) is 0 Å². The molecule has 0 heterocycles. The second-order valence-electron chi connectivity index (χ2n) is 7.43. The molecule has 7 heteroatoms. The Morgan fingerprint density at radius 1 is 0.968 bits per heavy atom. The third-order valence-corrected chi connectivity index (χ3v) is 6.03. The van der Waals surface area contributed by atoms with Crippen LogP contribution in [-0.4, -0.2) is 26.6 Å². The van der Waals surface area contributed by atoms with Crippen LogP contribution in [-0.2, 0) is 14.8 Å². The van der Waals surface area contributed by atoms with Gasteiger partial charge in [-0.3, -0.25) is 9.10 Å². The van der Waals surface area contributed by atoms with Gasteiger partial charge in [0.2, 0.25) is 15.9 Å². The van der Waals surface area contributed by atoms with E-state index in [-0.39, 0.29) is 0 Å². The standard InChI is InChI=1S/C24H26N2O4S/c1-17-14-15-18(2)22(16-17)26(31(4,28)29)19(3)24(27)25-21-12-8-9-13-23(21)30-20-10-6-5-7-11-20/h5-16,19H,1-4H3,(H,25,27)/t19-/m1/s1. The van der Waals surface area contributed by atoms with Crippen molar-refractivity contribution in [3.05, 3.63) is 83.9 Å². The summed E-state index contributed by atoms with van der Waals surface area (Å²) in [5, 5.41) is 2.82. The van der Waals surface area contributed by atoms with E-state index in [1.165, 1.54) is 0 Å². The summed E-state index contributed by atoms with van der Waals surface area (Å²) in [6.07, 6.45) is 1.10. The van der Waals surface area contributed by atoms with Gasteiger partial charge in [0.05, 0.1) is 17.6 Å². The van der Waals surface area contributed by atoms with Crippen LogP contribution in [0.4, 0.5) is 11.4 Å². The highest BCUT2D eigenvalue weighted by molar-refractivity contribution is 7.92. The van der Waals surface area contributed by atoms with Crippen LogP contribution in [0, 0.1) is 13.8 Å². The van der Waals surface area contributed by atoms with E-state index in [0.717, 1.165) is 21.7 Å². The number of hydrogen-bond acceptors (Lipinski definition) is 4. The Hall–Kier alpha value is -3.32. The quantitative estimate of drug-likeness (QED) is 0.570. The molecule has 3 rings (SSSR count). The van der Waals surface area contributed by atoms with Gasteiger partial charge in [-0.2, -0.15) is 0 Å². The summed E-state index contributed by atoms with van der Waals surface area (Å²) in [5.41, 5.74) is 2.61. The Labute approximate surface area is 183 Å². The number of carbonyl (C=O) groups excluding carboxylic acids is 1. The SMILES string of the molecule is Cc1ccc(C)c(N([C@H](C)C(=O)Nc2ccccc2Oc2ccccc2)S(C)(=O)=O)c1. The molecule has 0 bridgehead atoms. The zero-order chi connectivity index (χ0) is 22.6. The Kier molecular flexibility index (Phi) is 6.65. The molecule has 0 saturated heterocycles. The van der Waals surface area contributed by atoms with Gasteiger partial charge in [-0.25, -0.2) is 8.42 Å². The maximum Gasteiger partial charge on any atom is 0.248 e. The van der Waals surface area contributed by atoms with Crippen molar-refractivity contribution in [1.82, 2.24) is 0 Å². The van der Waals surface area contributed by atoms with Crippen LogP contribution in [0.3, 0.4) is 0 Å². The van der Waals surface area contributed by atoms with Crippen molar-refractivity contribution in [2.24, 2.45) is 0 Å². The number of amides is 1. The van der Waals surface area contributed by atoms with Gasteiger partial charge in [0.25, 0.3) is 0 Å². The van der Waals surface area contributed by atoms with Crippen molar-refractivity contribution in [3.8, 4) is 11.5 Å². The molecule has 0 aromatic heterocycles. The number of anilines is 2. The van der Waals surface area contributed by atoms with Crippen molar-refractivity contribution >= 4 is 27.3 Å². The normalized spacial score (nSPS) is 12.1. The van der Waals surface area contributed by atoms with E-state index in [1.54, 1.807) is 37.3 Å². The molecule has 0 unspecified atom stereocenters. The molecule has 1 atom stereocenters. The van der Waals surface area contributed by atoms with E-state index in [9.17, 15) is 13.2 Å². The van der Waals surface area contributed by atoms with Gasteiger partial charge >= 0.3 is 0 Å². The summed E-state index contributed by atoms with van der Waals surface area (Å²) in [4.78, 5) is 13.1. The molecule has 0 aliphatic rings. The van der Waals surface area contributed by atoms with E-state index in [2.05, 4.69) is 5.32 Å². The predicted octanol–water partition coefficient (Wildman–Crippen LogP) is 4.89. The monoisotopic (exact) mass is 438 g/mol. The first-order valence-electron chi connectivity index (χ1n) is 9.86. The number of para-hydroxylation sites is 3. The molecule has 162 valence electrons. The average Bonchev–Trinajstić information content (AvgIpc) is 2.72. The second-order valence-corrected chi connectivity index (χ2v) is 9.28. The number of hydrogen-bond donors (Lipinski definition) is 1. The summed E-state index contributed by atoms with van der Waals surface area (Å²) in [7, 11) is -3.71. The summed E-state index contributed by atoms with van der Waals surface area (Å²) in [5.74, 6) is 0.632. The molecular formula is C24H26N2O4S. The molecule has 6 nitrogen and oxygen atoms in total. The molecular weight excluding hydrogens is 412 g/mol. The summed E-state index contributed by atoms with van der Waals surface area (Å²) < 4.78 is 32.3. The summed E-state index contributed by atoms with van der Waals surface area (Å²) in [6.45, 7) is 5.27. The van der Waals surface area contributed by atoms with E-state index >= 15 is 0 Å². The smallest absolute Gasteiger partial charge is 0.248 e. The Balaban J connectivity index is 1.89. The number of rotatable bonds is 7. The lowest BCUT2D eigenvalue weighted by Gasteiger charge is -2.30.